The van der Waals surface area contributed by atoms with Crippen molar-refractivity contribution in [3.63, 3.8) is 0 Å². The van der Waals surface area contributed by atoms with Crippen LogP contribution < -0.4 is 0 Å². The van der Waals surface area contributed by atoms with Gasteiger partial charge in [-0.05, 0) is 77.8 Å². The van der Waals surface area contributed by atoms with Crippen LogP contribution in [-0.4, -0.2) is 74.5 Å². The molecular weight excluding hydrogens is 240 g/mol. The third kappa shape index (κ3) is 4.71. The van der Waals surface area contributed by atoms with Gasteiger partial charge in [0.15, 0.2) is 0 Å². The summed E-state index contributed by atoms with van der Waals surface area (Å²) in [6, 6.07) is 0. The Morgan fingerprint density at radius 2 is 1.53 bits per heavy atom. The number of piperidine rings is 2. The fraction of sp³-hybridized carbons (Fsp3) is 1.00. The minimum atomic E-state index is 0.0633. The Hall–Kier alpha value is -0.160. The van der Waals surface area contributed by atoms with E-state index in [4.69, 9.17) is 4.74 Å². The van der Waals surface area contributed by atoms with Gasteiger partial charge in [0, 0.05) is 6.61 Å². The van der Waals surface area contributed by atoms with E-state index in [1.807, 2.05) is 0 Å². The molecule has 2 aliphatic rings. The Bertz CT molecular complexity index is 247. The Labute approximate surface area is 117 Å². The summed E-state index contributed by atoms with van der Waals surface area (Å²) in [5, 5.41) is 9.57. The molecule has 1 N–H and O–H groups in total. The van der Waals surface area contributed by atoms with Crippen LogP contribution in [-0.2, 0) is 4.74 Å². The third-order valence-corrected chi connectivity index (χ3v) is 4.85. The molecule has 2 heterocycles. The van der Waals surface area contributed by atoms with Crippen LogP contribution in [0.4, 0.5) is 0 Å². The first kappa shape index (κ1) is 15.2. The summed E-state index contributed by atoms with van der Waals surface area (Å²) in [5.74, 6) is 1.24. The van der Waals surface area contributed by atoms with Crippen molar-refractivity contribution in [1.29, 1.82) is 0 Å². The second-order valence-corrected chi connectivity index (χ2v) is 6.44. The summed E-state index contributed by atoms with van der Waals surface area (Å²) in [4.78, 5) is 4.75. The molecule has 4 heteroatoms. The molecule has 19 heavy (non-hydrogen) atoms. The maximum atomic E-state index is 9.57. The van der Waals surface area contributed by atoms with Gasteiger partial charge in [-0.15, -0.1) is 0 Å². The first-order valence-electron chi connectivity index (χ1n) is 7.78. The Kier molecular flexibility index (Phi) is 6.07. The molecule has 0 bridgehead atoms. The van der Waals surface area contributed by atoms with E-state index in [9.17, 15) is 5.11 Å². The minimum Gasteiger partial charge on any atom is -0.394 e. The van der Waals surface area contributed by atoms with Gasteiger partial charge in [-0.25, -0.2) is 0 Å². The summed E-state index contributed by atoms with van der Waals surface area (Å²) in [5.41, 5.74) is 0. The molecule has 112 valence electrons. The Morgan fingerprint density at radius 3 is 2.05 bits per heavy atom. The molecule has 1 atom stereocenters. The van der Waals surface area contributed by atoms with Crippen molar-refractivity contribution in [2.24, 2.45) is 11.8 Å². The number of aliphatic hydroxyl groups excluding tert-OH is 1. The predicted molar refractivity (Wildman–Crippen MR) is 77.3 cm³/mol. The zero-order valence-corrected chi connectivity index (χ0v) is 12.6. The topological polar surface area (TPSA) is 35.9 Å². The molecule has 0 aliphatic carbocycles. The zero-order chi connectivity index (χ0) is 13.7. The molecule has 0 aromatic rings. The van der Waals surface area contributed by atoms with Gasteiger partial charge in [0.2, 0.25) is 0 Å². The molecule has 2 rings (SSSR count). The first-order valence-corrected chi connectivity index (χ1v) is 7.78. The molecule has 2 fully saturated rings. The van der Waals surface area contributed by atoms with Crippen LogP contribution in [0, 0.1) is 11.8 Å². The number of hydrogen-bond donors (Lipinski definition) is 1. The second-order valence-electron chi connectivity index (χ2n) is 6.44. The highest BCUT2D eigenvalue weighted by Gasteiger charge is 2.27. The normalized spacial score (nSPS) is 26.7. The number of nitrogens with zero attached hydrogens (tertiary/aromatic N) is 2. The lowest BCUT2D eigenvalue weighted by Gasteiger charge is -2.35. The van der Waals surface area contributed by atoms with Crippen LogP contribution in [0.25, 0.3) is 0 Å². The van der Waals surface area contributed by atoms with Crippen molar-refractivity contribution in [3.8, 4) is 0 Å². The smallest absolute Gasteiger partial charge is 0.0834 e. The number of hydrogen-bond acceptors (Lipinski definition) is 4. The number of rotatable bonds is 5. The molecule has 0 aromatic carbocycles. The lowest BCUT2D eigenvalue weighted by molar-refractivity contribution is -0.0561. The summed E-state index contributed by atoms with van der Waals surface area (Å²) in [7, 11) is 4.36. The quantitative estimate of drug-likeness (QED) is 0.810. The van der Waals surface area contributed by atoms with E-state index in [1.165, 1.54) is 25.9 Å². The van der Waals surface area contributed by atoms with E-state index >= 15 is 0 Å². The van der Waals surface area contributed by atoms with Crippen LogP contribution >= 0.6 is 0 Å². The highest BCUT2D eigenvalue weighted by molar-refractivity contribution is 4.78. The SMILES string of the molecule is CN1CCC(COC(CO)C2CCN(C)CC2)CC1. The van der Waals surface area contributed by atoms with Gasteiger partial charge >= 0.3 is 0 Å². The van der Waals surface area contributed by atoms with Gasteiger partial charge < -0.3 is 19.6 Å². The largest absolute Gasteiger partial charge is 0.394 e. The summed E-state index contributed by atoms with van der Waals surface area (Å²) in [6.45, 7) is 5.67. The third-order valence-electron chi connectivity index (χ3n) is 4.85. The summed E-state index contributed by atoms with van der Waals surface area (Å²) >= 11 is 0. The second kappa shape index (κ2) is 7.58. The van der Waals surface area contributed by atoms with E-state index < -0.39 is 0 Å². The Balaban J connectivity index is 1.70. The molecule has 1 unspecified atom stereocenters. The van der Waals surface area contributed by atoms with Gasteiger partial charge in [0.25, 0.3) is 0 Å². The molecule has 0 saturated carbocycles. The summed E-state index contributed by atoms with van der Waals surface area (Å²) < 4.78 is 6.05. The number of aliphatic hydroxyl groups is 1. The lowest BCUT2D eigenvalue weighted by Crippen LogP contribution is -2.39. The zero-order valence-electron chi connectivity index (χ0n) is 12.6. The average molecular weight is 270 g/mol. The lowest BCUT2D eigenvalue weighted by atomic mass is 9.91. The standard InChI is InChI=1S/C15H30N2O2/c1-16-7-3-13(4-8-16)12-19-15(11-18)14-5-9-17(2)10-6-14/h13-15,18H,3-12H2,1-2H3. The van der Waals surface area contributed by atoms with Crippen molar-refractivity contribution in [1.82, 2.24) is 9.80 Å². The van der Waals surface area contributed by atoms with Crippen LogP contribution in [0.2, 0.25) is 0 Å². The van der Waals surface area contributed by atoms with E-state index in [1.54, 1.807) is 0 Å². The van der Waals surface area contributed by atoms with Gasteiger partial charge in [0.05, 0.1) is 12.7 Å². The van der Waals surface area contributed by atoms with Gasteiger partial charge in [-0.1, -0.05) is 0 Å². The molecule has 4 nitrogen and oxygen atoms in total. The maximum absolute atomic E-state index is 9.57. The highest BCUT2D eigenvalue weighted by Crippen LogP contribution is 2.24. The monoisotopic (exact) mass is 270 g/mol. The maximum Gasteiger partial charge on any atom is 0.0834 e. The predicted octanol–water partition coefficient (Wildman–Crippen LogP) is 1.05. The number of likely N-dealkylation sites (tertiary alicyclic amines) is 2. The van der Waals surface area contributed by atoms with Crippen LogP contribution in [0.3, 0.4) is 0 Å². The van der Waals surface area contributed by atoms with Gasteiger partial charge in [-0.3, -0.25) is 0 Å². The minimum absolute atomic E-state index is 0.0633. The first-order chi connectivity index (χ1) is 9.19. The van der Waals surface area contributed by atoms with E-state index in [2.05, 4.69) is 23.9 Å². The fourth-order valence-electron chi connectivity index (χ4n) is 3.23. The van der Waals surface area contributed by atoms with Crippen molar-refractivity contribution in [3.05, 3.63) is 0 Å². The fourth-order valence-corrected chi connectivity index (χ4v) is 3.23. The number of ether oxygens (including phenoxy) is 1. The molecule has 0 aromatic heterocycles. The van der Waals surface area contributed by atoms with Crippen LogP contribution in [0.15, 0.2) is 0 Å². The van der Waals surface area contributed by atoms with Crippen molar-refractivity contribution >= 4 is 0 Å². The molecule has 2 saturated heterocycles. The van der Waals surface area contributed by atoms with Crippen LogP contribution in [0.1, 0.15) is 25.7 Å². The van der Waals surface area contributed by atoms with E-state index in [-0.39, 0.29) is 12.7 Å². The van der Waals surface area contributed by atoms with Crippen LogP contribution in [0.5, 0.6) is 0 Å². The molecule has 0 spiro atoms. The average Bonchev–Trinajstić information content (AvgIpc) is 2.43. The van der Waals surface area contributed by atoms with Gasteiger partial charge in [-0.2, -0.15) is 0 Å². The molecular formula is C15H30N2O2. The highest BCUT2D eigenvalue weighted by atomic mass is 16.5. The van der Waals surface area contributed by atoms with Crippen molar-refractivity contribution < 1.29 is 9.84 Å². The molecule has 2 aliphatic heterocycles. The van der Waals surface area contributed by atoms with E-state index in [0.717, 1.165) is 32.5 Å². The Morgan fingerprint density at radius 1 is 1.00 bits per heavy atom. The molecule has 0 amide bonds. The summed E-state index contributed by atoms with van der Waals surface area (Å²) in [6.07, 6.45) is 4.86. The van der Waals surface area contributed by atoms with E-state index in [0.29, 0.717) is 11.8 Å². The van der Waals surface area contributed by atoms with Crippen molar-refractivity contribution in [2.45, 2.75) is 31.8 Å². The molecule has 0 radical (unpaired) electrons. The van der Waals surface area contributed by atoms with Gasteiger partial charge in [0.1, 0.15) is 0 Å². The van der Waals surface area contributed by atoms with Crippen molar-refractivity contribution in [2.75, 3.05) is 53.5 Å².